The summed E-state index contributed by atoms with van der Waals surface area (Å²) in [5, 5.41) is 2.28. The Hall–Kier alpha value is -2.95. The highest BCUT2D eigenvalue weighted by Crippen LogP contribution is 2.30. The van der Waals surface area contributed by atoms with Crippen molar-refractivity contribution < 1.29 is 4.79 Å². The predicted molar refractivity (Wildman–Crippen MR) is 109 cm³/mol. The fraction of sp³-hybridized carbons (Fsp3) is 0.318. The minimum absolute atomic E-state index is 0.0403. The van der Waals surface area contributed by atoms with Gasteiger partial charge in [-0.15, -0.1) is 0 Å². The number of anilines is 2. The number of aromatic nitrogens is 2. The van der Waals surface area contributed by atoms with Crippen LogP contribution in [0, 0.1) is 5.92 Å². The van der Waals surface area contributed by atoms with E-state index in [1.165, 1.54) is 0 Å². The third kappa shape index (κ3) is 3.50. The quantitative estimate of drug-likeness (QED) is 0.708. The van der Waals surface area contributed by atoms with Gasteiger partial charge in [-0.3, -0.25) is 4.79 Å². The van der Waals surface area contributed by atoms with Gasteiger partial charge in [0.05, 0.1) is 11.6 Å². The van der Waals surface area contributed by atoms with Crippen molar-refractivity contribution in [2.75, 3.05) is 29.4 Å². The van der Waals surface area contributed by atoms with Crippen molar-refractivity contribution in [3.8, 4) is 0 Å². The fourth-order valence-corrected chi connectivity index (χ4v) is 3.92. The van der Waals surface area contributed by atoms with Gasteiger partial charge in [-0.1, -0.05) is 36.4 Å². The normalized spacial score (nSPS) is 17.1. The first kappa shape index (κ1) is 17.5. The summed E-state index contributed by atoms with van der Waals surface area (Å²) in [5.41, 5.74) is 0.994. The number of rotatable bonds is 4. The van der Waals surface area contributed by atoms with Crippen LogP contribution < -0.4 is 9.80 Å². The molecule has 1 fully saturated rings. The molecule has 1 amide bonds. The van der Waals surface area contributed by atoms with E-state index in [-0.39, 0.29) is 11.8 Å². The number of hydrogen-bond acceptors (Lipinski definition) is 4. The molecule has 1 saturated heterocycles. The molecule has 27 heavy (non-hydrogen) atoms. The zero-order chi connectivity index (χ0) is 18.6. The van der Waals surface area contributed by atoms with E-state index in [0.29, 0.717) is 19.0 Å². The summed E-state index contributed by atoms with van der Waals surface area (Å²) >= 11 is 0. The zero-order valence-electron chi connectivity index (χ0n) is 15.6. The van der Waals surface area contributed by atoms with E-state index in [1.807, 2.05) is 42.2 Å². The molecular weight excluding hydrogens is 336 g/mol. The molecule has 1 atom stereocenters. The minimum atomic E-state index is -0.0403. The molecule has 0 N–H and O–H groups in total. The lowest BCUT2D eigenvalue weighted by Gasteiger charge is -2.35. The third-order valence-electron chi connectivity index (χ3n) is 5.25. The van der Waals surface area contributed by atoms with Gasteiger partial charge in [0.25, 0.3) is 0 Å². The molecular formula is C22H24N4O. The number of hydrogen-bond donors (Lipinski definition) is 0. The van der Waals surface area contributed by atoms with Crippen LogP contribution in [0.1, 0.15) is 19.8 Å². The van der Waals surface area contributed by atoms with Gasteiger partial charge in [0.1, 0.15) is 0 Å². The summed E-state index contributed by atoms with van der Waals surface area (Å²) in [6.45, 7) is 4.27. The highest BCUT2D eigenvalue weighted by Gasteiger charge is 2.30. The van der Waals surface area contributed by atoms with Crippen LogP contribution in [0.3, 0.4) is 0 Å². The molecule has 2 heterocycles. The Morgan fingerprint density at radius 3 is 2.70 bits per heavy atom. The van der Waals surface area contributed by atoms with Crippen LogP contribution in [0.25, 0.3) is 10.8 Å². The zero-order valence-corrected chi connectivity index (χ0v) is 15.6. The molecule has 0 aliphatic carbocycles. The Labute approximate surface area is 159 Å². The van der Waals surface area contributed by atoms with Crippen molar-refractivity contribution in [3.05, 3.63) is 60.9 Å². The first-order valence-corrected chi connectivity index (χ1v) is 9.59. The van der Waals surface area contributed by atoms with E-state index >= 15 is 0 Å². The molecule has 1 aliphatic heterocycles. The van der Waals surface area contributed by atoms with Gasteiger partial charge in [-0.25, -0.2) is 9.97 Å². The standard InChI is InChI=1S/C22H24N4O/c1-2-26(20-12-5-9-17-8-3-4-11-19(17)20)21(27)18-10-6-15-25(16-18)22-23-13-7-14-24-22/h3-5,7-9,11-14,18H,2,6,10,15-16H2,1H3. The van der Waals surface area contributed by atoms with Gasteiger partial charge in [0.15, 0.2) is 0 Å². The lowest BCUT2D eigenvalue weighted by Crippen LogP contribution is -2.45. The van der Waals surface area contributed by atoms with Crippen LogP contribution in [-0.4, -0.2) is 35.5 Å². The van der Waals surface area contributed by atoms with Crippen LogP contribution in [0.4, 0.5) is 11.6 Å². The van der Waals surface area contributed by atoms with Crippen LogP contribution in [0.2, 0.25) is 0 Å². The smallest absolute Gasteiger partial charge is 0.231 e. The molecule has 0 spiro atoms. The Morgan fingerprint density at radius 2 is 1.89 bits per heavy atom. The SMILES string of the molecule is CCN(C(=O)C1CCCN(c2ncccn2)C1)c1cccc2ccccc12. The van der Waals surface area contributed by atoms with E-state index in [4.69, 9.17) is 0 Å². The van der Waals surface area contributed by atoms with Crippen LogP contribution in [0.15, 0.2) is 60.9 Å². The van der Waals surface area contributed by atoms with E-state index in [2.05, 4.69) is 33.1 Å². The average Bonchev–Trinajstić information content (AvgIpc) is 2.75. The topological polar surface area (TPSA) is 49.3 Å². The van der Waals surface area contributed by atoms with Crippen LogP contribution >= 0.6 is 0 Å². The summed E-state index contributed by atoms with van der Waals surface area (Å²) in [4.78, 5) is 26.2. The molecule has 0 bridgehead atoms. The van der Waals surface area contributed by atoms with E-state index < -0.39 is 0 Å². The average molecular weight is 360 g/mol. The van der Waals surface area contributed by atoms with Gasteiger partial charge < -0.3 is 9.80 Å². The second kappa shape index (κ2) is 7.74. The minimum Gasteiger partial charge on any atom is -0.340 e. The van der Waals surface area contributed by atoms with Gasteiger partial charge in [-0.2, -0.15) is 0 Å². The highest BCUT2D eigenvalue weighted by molar-refractivity contribution is 6.04. The summed E-state index contributed by atoms with van der Waals surface area (Å²) in [7, 11) is 0. The molecule has 0 radical (unpaired) electrons. The van der Waals surface area contributed by atoms with E-state index in [9.17, 15) is 4.79 Å². The van der Waals surface area contributed by atoms with Crippen LogP contribution in [-0.2, 0) is 4.79 Å². The molecule has 3 aromatic rings. The summed E-state index contributed by atoms with van der Waals surface area (Å²) in [5.74, 6) is 0.860. The fourth-order valence-electron chi connectivity index (χ4n) is 3.92. The summed E-state index contributed by atoms with van der Waals surface area (Å²) in [6.07, 6.45) is 5.38. The maximum absolute atomic E-state index is 13.4. The lowest BCUT2D eigenvalue weighted by molar-refractivity contribution is -0.122. The molecule has 1 aromatic heterocycles. The third-order valence-corrected chi connectivity index (χ3v) is 5.25. The molecule has 5 heteroatoms. The first-order chi connectivity index (χ1) is 13.3. The van der Waals surface area contributed by atoms with Crippen molar-refractivity contribution in [3.63, 3.8) is 0 Å². The molecule has 0 saturated carbocycles. The number of carbonyl (C=O) groups is 1. The lowest BCUT2D eigenvalue weighted by atomic mass is 9.96. The van der Waals surface area contributed by atoms with Crippen molar-refractivity contribution in [1.29, 1.82) is 0 Å². The van der Waals surface area contributed by atoms with Crippen molar-refractivity contribution in [2.45, 2.75) is 19.8 Å². The van der Waals surface area contributed by atoms with Gasteiger partial charge in [0.2, 0.25) is 11.9 Å². The van der Waals surface area contributed by atoms with Gasteiger partial charge >= 0.3 is 0 Å². The first-order valence-electron chi connectivity index (χ1n) is 9.59. The number of carbonyl (C=O) groups excluding carboxylic acids is 1. The maximum atomic E-state index is 13.4. The molecule has 1 unspecified atom stereocenters. The Balaban J connectivity index is 1.60. The number of piperidine rings is 1. The van der Waals surface area contributed by atoms with Crippen LogP contribution in [0.5, 0.6) is 0 Å². The maximum Gasteiger partial charge on any atom is 0.231 e. The molecule has 4 rings (SSSR count). The van der Waals surface area contributed by atoms with Gasteiger partial charge in [0, 0.05) is 37.4 Å². The monoisotopic (exact) mass is 360 g/mol. The number of nitrogens with zero attached hydrogens (tertiary/aromatic N) is 4. The summed E-state index contributed by atoms with van der Waals surface area (Å²) in [6, 6.07) is 16.2. The Bertz CT molecular complexity index is 923. The number of benzene rings is 2. The number of amides is 1. The molecule has 2 aromatic carbocycles. The molecule has 1 aliphatic rings. The van der Waals surface area contributed by atoms with Gasteiger partial charge in [-0.05, 0) is 37.3 Å². The highest BCUT2D eigenvalue weighted by atomic mass is 16.2. The largest absolute Gasteiger partial charge is 0.340 e. The number of fused-ring (bicyclic) bond motifs is 1. The van der Waals surface area contributed by atoms with Crippen molar-refractivity contribution >= 4 is 28.3 Å². The molecule has 5 nitrogen and oxygen atoms in total. The second-order valence-electron chi connectivity index (χ2n) is 6.91. The predicted octanol–water partition coefficient (Wildman–Crippen LogP) is 3.90. The Kier molecular flexibility index (Phi) is 5.01. The second-order valence-corrected chi connectivity index (χ2v) is 6.91. The molecule has 138 valence electrons. The van der Waals surface area contributed by atoms with Crippen molar-refractivity contribution in [2.24, 2.45) is 5.92 Å². The van der Waals surface area contributed by atoms with E-state index in [0.717, 1.165) is 35.8 Å². The Morgan fingerprint density at radius 1 is 1.11 bits per heavy atom. The van der Waals surface area contributed by atoms with E-state index in [1.54, 1.807) is 12.4 Å². The summed E-state index contributed by atoms with van der Waals surface area (Å²) < 4.78 is 0. The van der Waals surface area contributed by atoms with Crippen molar-refractivity contribution in [1.82, 2.24) is 9.97 Å².